The van der Waals surface area contributed by atoms with Gasteiger partial charge in [0.25, 0.3) is 5.91 Å². The Morgan fingerprint density at radius 3 is 2.31 bits per heavy atom. The summed E-state index contributed by atoms with van der Waals surface area (Å²) in [5, 5.41) is 9.90. The fraction of sp³-hybridized carbons (Fsp3) is 0.435. The Hall–Kier alpha value is -2.89. The van der Waals surface area contributed by atoms with E-state index < -0.39 is 11.4 Å². The van der Waals surface area contributed by atoms with Crippen LogP contribution >= 0.6 is 0 Å². The molecule has 0 atom stereocenters. The number of ether oxygens (including phenoxy) is 1. The highest BCUT2D eigenvalue weighted by atomic mass is 16.5. The number of pyridine rings is 1. The van der Waals surface area contributed by atoms with Gasteiger partial charge in [0.2, 0.25) is 5.88 Å². The molecule has 0 spiro atoms. The molecule has 2 aromatic rings. The van der Waals surface area contributed by atoms with Gasteiger partial charge in [-0.25, -0.2) is 4.98 Å². The number of aliphatic carboxylic acids is 1. The van der Waals surface area contributed by atoms with E-state index in [2.05, 4.69) is 4.98 Å². The molecule has 1 N–H and O–H groups in total. The van der Waals surface area contributed by atoms with Gasteiger partial charge in [0, 0.05) is 25.4 Å². The molecular formula is C23H26N2O4. The second-order valence-corrected chi connectivity index (χ2v) is 7.95. The molecule has 1 saturated carbocycles. The number of aromatic nitrogens is 1. The summed E-state index contributed by atoms with van der Waals surface area (Å²) >= 11 is 0. The smallest absolute Gasteiger partial charge is 0.314 e. The number of nitrogens with zero attached hydrogens (tertiary/aromatic N) is 2. The summed E-state index contributed by atoms with van der Waals surface area (Å²) in [5.74, 6) is -0.385. The van der Waals surface area contributed by atoms with Gasteiger partial charge < -0.3 is 14.7 Å². The molecular weight excluding hydrogens is 368 g/mol. The van der Waals surface area contributed by atoms with Gasteiger partial charge >= 0.3 is 5.97 Å². The summed E-state index contributed by atoms with van der Waals surface area (Å²) < 4.78 is 5.86. The maximum atomic E-state index is 12.9. The second kappa shape index (κ2) is 8.23. The number of amides is 1. The van der Waals surface area contributed by atoms with Crippen LogP contribution in [0.5, 0.6) is 5.88 Å². The number of benzene rings is 1. The number of hydrogen-bond acceptors (Lipinski definition) is 4. The third kappa shape index (κ3) is 3.97. The molecule has 1 aromatic heterocycles. The summed E-state index contributed by atoms with van der Waals surface area (Å²) in [7, 11) is 0. The van der Waals surface area contributed by atoms with Crippen LogP contribution in [-0.4, -0.2) is 46.1 Å². The van der Waals surface area contributed by atoms with E-state index in [1.54, 1.807) is 23.2 Å². The van der Waals surface area contributed by atoms with Gasteiger partial charge in [0.15, 0.2) is 0 Å². The number of rotatable bonds is 5. The van der Waals surface area contributed by atoms with Crippen LogP contribution in [0.4, 0.5) is 0 Å². The molecule has 2 heterocycles. The number of carboxylic acids is 1. The third-order valence-corrected chi connectivity index (χ3v) is 6.21. The molecule has 1 aliphatic heterocycles. The average Bonchev–Trinajstić information content (AvgIpc) is 3.27. The minimum absolute atomic E-state index is 0.114. The number of carbonyl (C=O) groups excluding carboxylic acids is 1. The van der Waals surface area contributed by atoms with E-state index in [4.69, 9.17) is 4.74 Å². The van der Waals surface area contributed by atoms with E-state index in [1.165, 1.54) is 12.8 Å². The zero-order valence-electron chi connectivity index (χ0n) is 16.4. The second-order valence-electron chi connectivity index (χ2n) is 7.95. The minimum atomic E-state index is -0.935. The van der Waals surface area contributed by atoms with Crippen molar-refractivity contribution in [1.29, 1.82) is 0 Å². The van der Waals surface area contributed by atoms with Crippen molar-refractivity contribution < 1.29 is 19.4 Å². The van der Waals surface area contributed by atoms with E-state index in [-0.39, 0.29) is 12.0 Å². The zero-order valence-corrected chi connectivity index (χ0v) is 16.4. The highest BCUT2D eigenvalue weighted by molar-refractivity contribution is 5.94. The number of carbonyl (C=O) groups is 2. The standard InChI is InChI=1S/C23H26N2O4/c26-21(17-10-11-20(24-16-17)29-19-8-4-5-9-19)25-14-12-23(13-15-25,22(27)28)18-6-2-1-3-7-18/h1-3,6-7,10-11,16,19H,4-5,8-9,12-15H2,(H,27,28). The highest BCUT2D eigenvalue weighted by Gasteiger charge is 2.43. The van der Waals surface area contributed by atoms with Crippen molar-refractivity contribution in [2.75, 3.05) is 13.1 Å². The molecule has 2 fully saturated rings. The van der Waals surface area contributed by atoms with Gasteiger partial charge in [-0.15, -0.1) is 0 Å². The van der Waals surface area contributed by atoms with Crippen LogP contribution in [0.3, 0.4) is 0 Å². The number of piperidine rings is 1. The Balaban J connectivity index is 1.41. The van der Waals surface area contributed by atoms with Crippen LogP contribution in [0, 0.1) is 0 Å². The van der Waals surface area contributed by atoms with E-state index in [0.717, 1.165) is 18.4 Å². The van der Waals surface area contributed by atoms with E-state index in [9.17, 15) is 14.7 Å². The molecule has 2 aliphatic rings. The largest absolute Gasteiger partial charge is 0.481 e. The summed E-state index contributed by atoms with van der Waals surface area (Å²) in [6.07, 6.45) is 7.08. The Bertz CT molecular complexity index is 852. The molecule has 0 radical (unpaired) electrons. The molecule has 4 rings (SSSR count). The SMILES string of the molecule is O=C(c1ccc(OC2CCCC2)nc1)N1CCC(C(=O)O)(c2ccccc2)CC1. The minimum Gasteiger partial charge on any atom is -0.481 e. The maximum absolute atomic E-state index is 12.9. The average molecular weight is 394 g/mol. The lowest BCUT2D eigenvalue weighted by atomic mass is 9.73. The Morgan fingerprint density at radius 1 is 1.03 bits per heavy atom. The Labute approximate surface area is 170 Å². The van der Waals surface area contributed by atoms with Crippen LogP contribution < -0.4 is 4.74 Å². The summed E-state index contributed by atoms with van der Waals surface area (Å²) in [6.45, 7) is 0.806. The Kier molecular flexibility index (Phi) is 5.51. The van der Waals surface area contributed by atoms with Crippen LogP contribution in [0.1, 0.15) is 54.4 Å². The third-order valence-electron chi connectivity index (χ3n) is 6.21. The molecule has 1 amide bonds. The van der Waals surface area contributed by atoms with Crippen LogP contribution in [0.15, 0.2) is 48.7 Å². The van der Waals surface area contributed by atoms with Crippen LogP contribution in [-0.2, 0) is 10.2 Å². The number of hydrogen-bond donors (Lipinski definition) is 1. The molecule has 152 valence electrons. The van der Waals surface area contributed by atoms with Crippen molar-refractivity contribution in [1.82, 2.24) is 9.88 Å². The fourth-order valence-electron chi connectivity index (χ4n) is 4.41. The van der Waals surface area contributed by atoms with Gasteiger partial charge in [0.1, 0.15) is 6.10 Å². The summed E-state index contributed by atoms with van der Waals surface area (Å²) in [5.41, 5.74) is 0.371. The summed E-state index contributed by atoms with van der Waals surface area (Å²) in [6, 6.07) is 12.8. The molecule has 0 unspecified atom stereocenters. The molecule has 29 heavy (non-hydrogen) atoms. The zero-order chi connectivity index (χ0) is 20.3. The highest BCUT2D eigenvalue weighted by Crippen LogP contribution is 2.36. The summed E-state index contributed by atoms with van der Waals surface area (Å²) in [4.78, 5) is 31.0. The van der Waals surface area contributed by atoms with E-state index in [1.807, 2.05) is 30.3 Å². The fourth-order valence-corrected chi connectivity index (χ4v) is 4.41. The number of carboxylic acid groups (broad SMARTS) is 1. The van der Waals surface area contributed by atoms with Gasteiger partial charge in [-0.1, -0.05) is 30.3 Å². The molecule has 1 aromatic carbocycles. The van der Waals surface area contributed by atoms with Crippen molar-refractivity contribution >= 4 is 11.9 Å². The van der Waals surface area contributed by atoms with Gasteiger partial charge in [0.05, 0.1) is 11.0 Å². The lowest BCUT2D eigenvalue weighted by molar-refractivity contribution is -0.145. The first-order valence-corrected chi connectivity index (χ1v) is 10.3. The quantitative estimate of drug-likeness (QED) is 0.837. The molecule has 6 nitrogen and oxygen atoms in total. The van der Waals surface area contributed by atoms with Crippen LogP contribution in [0.2, 0.25) is 0 Å². The molecule has 1 saturated heterocycles. The molecule has 1 aliphatic carbocycles. The lowest BCUT2D eigenvalue weighted by Gasteiger charge is -2.39. The van der Waals surface area contributed by atoms with E-state index >= 15 is 0 Å². The monoisotopic (exact) mass is 394 g/mol. The first-order valence-electron chi connectivity index (χ1n) is 10.3. The van der Waals surface area contributed by atoms with Crippen molar-refractivity contribution in [3.63, 3.8) is 0 Å². The van der Waals surface area contributed by atoms with Gasteiger partial charge in [-0.2, -0.15) is 0 Å². The van der Waals surface area contributed by atoms with Crippen LogP contribution in [0.25, 0.3) is 0 Å². The van der Waals surface area contributed by atoms with Crippen molar-refractivity contribution in [3.8, 4) is 5.88 Å². The lowest BCUT2D eigenvalue weighted by Crippen LogP contribution is -2.49. The number of likely N-dealkylation sites (tertiary alicyclic amines) is 1. The maximum Gasteiger partial charge on any atom is 0.314 e. The van der Waals surface area contributed by atoms with Crippen molar-refractivity contribution in [2.24, 2.45) is 0 Å². The predicted molar refractivity (Wildman–Crippen MR) is 108 cm³/mol. The van der Waals surface area contributed by atoms with Crippen molar-refractivity contribution in [3.05, 3.63) is 59.8 Å². The Morgan fingerprint density at radius 2 is 1.72 bits per heavy atom. The van der Waals surface area contributed by atoms with Gasteiger partial charge in [-0.05, 0) is 50.2 Å². The first-order chi connectivity index (χ1) is 14.1. The normalized spacial score (nSPS) is 19.1. The van der Waals surface area contributed by atoms with E-state index in [0.29, 0.717) is 37.4 Å². The van der Waals surface area contributed by atoms with Crippen molar-refractivity contribution in [2.45, 2.75) is 50.0 Å². The first kappa shape index (κ1) is 19.4. The molecule has 6 heteroatoms. The van der Waals surface area contributed by atoms with Gasteiger partial charge in [-0.3, -0.25) is 9.59 Å². The molecule has 0 bridgehead atoms. The predicted octanol–water partition coefficient (Wildman–Crippen LogP) is 3.66. The topological polar surface area (TPSA) is 79.7 Å².